The van der Waals surface area contributed by atoms with E-state index < -0.39 is 0 Å². The number of benzene rings is 1. The van der Waals surface area contributed by atoms with Gasteiger partial charge in [0.25, 0.3) is 0 Å². The van der Waals surface area contributed by atoms with Crippen LogP contribution in [0.1, 0.15) is 36.1 Å². The molecule has 0 spiro atoms. The molecule has 29 heavy (non-hydrogen) atoms. The number of halogens is 1. The summed E-state index contributed by atoms with van der Waals surface area (Å²) in [4.78, 5) is 6.87. The summed E-state index contributed by atoms with van der Waals surface area (Å²) in [6.45, 7) is 3.63. The molecule has 5 N–H and O–H groups in total. The molecule has 3 aliphatic heterocycles. The minimum Gasteiger partial charge on any atom is -0.371 e. The maximum atomic E-state index is 14.4. The average molecular weight is 397 g/mol. The predicted molar refractivity (Wildman–Crippen MR) is 112 cm³/mol. The topological polar surface area (TPSA) is 78.2 Å². The SMILES string of the molecule is NC[C@@H]1CCN(c2ccncc2C2CC3C(CN2)NNC3c2ccccc2F)C1. The van der Waals surface area contributed by atoms with Gasteiger partial charge in [-0.3, -0.25) is 10.4 Å². The molecular formula is C22H29FN6. The van der Waals surface area contributed by atoms with Gasteiger partial charge < -0.3 is 16.0 Å². The number of hydrogen-bond acceptors (Lipinski definition) is 6. The molecule has 0 radical (unpaired) electrons. The van der Waals surface area contributed by atoms with Crippen molar-refractivity contribution in [3.63, 3.8) is 0 Å². The molecular weight excluding hydrogens is 367 g/mol. The van der Waals surface area contributed by atoms with Gasteiger partial charge >= 0.3 is 0 Å². The van der Waals surface area contributed by atoms with E-state index in [4.69, 9.17) is 5.73 Å². The summed E-state index contributed by atoms with van der Waals surface area (Å²) < 4.78 is 14.4. The van der Waals surface area contributed by atoms with Crippen LogP contribution in [0.3, 0.4) is 0 Å². The fourth-order valence-electron chi connectivity index (χ4n) is 5.24. The van der Waals surface area contributed by atoms with Gasteiger partial charge in [-0.05, 0) is 43.4 Å². The summed E-state index contributed by atoms with van der Waals surface area (Å²) in [7, 11) is 0. The molecule has 1 aromatic carbocycles. The standard InChI is InChI=1S/C22H29FN6/c23-18-4-2-1-3-15(18)22-16-9-19(26-12-20(16)27-28-22)17-11-25-7-5-21(17)29-8-6-14(10-24)13-29/h1-5,7,11,14,16,19-20,22,26-28H,6,8-10,12-13,24H2/t14-,16?,19?,20?,22?/m0/s1. The zero-order valence-electron chi connectivity index (χ0n) is 16.5. The Morgan fingerprint density at radius 3 is 2.90 bits per heavy atom. The Labute approximate surface area is 171 Å². The van der Waals surface area contributed by atoms with Crippen LogP contribution in [0.2, 0.25) is 0 Å². The molecule has 0 aliphatic carbocycles. The molecule has 0 saturated carbocycles. The largest absolute Gasteiger partial charge is 0.371 e. The van der Waals surface area contributed by atoms with Gasteiger partial charge in [0.1, 0.15) is 5.82 Å². The monoisotopic (exact) mass is 396 g/mol. The van der Waals surface area contributed by atoms with Crippen molar-refractivity contribution < 1.29 is 4.39 Å². The molecule has 5 rings (SSSR count). The van der Waals surface area contributed by atoms with E-state index in [1.807, 2.05) is 24.5 Å². The Hall–Kier alpha value is -2.06. The van der Waals surface area contributed by atoms with E-state index in [2.05, 4.69) is 32.1 Å². The van der Waals surface area contributed by atoms with Gasteiger partial charge in [0.15, 0.2) is 0 Å². The van der Waals surface area contributed by atoms with Crippen molar-refractivity contribution in [3.05, 3.63) is 59.7 Å². The molecule has 154 valence electrons. The van der Waals surface area contributed by atoms with Crippen molar-refractivity contribution in [2.45, 2.75) is 31.0 Å². The molecule has 7 heteroatoms. The van der Waals surface area contributed by atoms with Gasteiger partial charge in [-0.15, -0.1) is 0 Å². The summed E-state index contributed by atoms with van der Waals surface area (Å²) in [6.07, 6.45) is 5.94. The molecule has 3 aliphatic rings. The number of aromatic nitrogens is 1. The maximum Gasteiger partial charge on any atom is 0.128 e. The minimum absolute atomic E-state index is 0.0284. The van der Waals surface area contributed by atoms with Crippen LogP contribution in [0.25, 0.3) is 0 Å². The van der Waals surface area contributed by atoms with Gasteiger partial charge in [-0.25, -0.2) is 9.82 Å². The number of fused-ring (bicyclic) bond motifs is 1. The normalized spacial score (nSPS) is 31.8. The van der Waals surface area contributed by atoms with Crippen molar-refractivity contribution in [1.29, 1.82) is 0 Å². The van der Waals surface area contributed by atoms with E-state index in [0.29, 0.717) is 11.8 Å². The summed E-state index contributed by atoms with van der Waals surface area (Å²) in [5, 5.41) is 3.69. The second kappa shape index (κ2) is 7.99. The zero-order valence-corrected chi connectivity index (χ0v) is 16.5. The van der Waals surface area contributed by atoms with Crippen molar-refractivity contribution >= 4 is 5.69 Å². The van der Waals surface area contributed by atoms with Crippen LogP contribution in [0.15, 0.2) is 42.7 Å². The second-order valence-electron chi connectivity index (χ2n) is 8.53. The Balaban J connectivity index is 1.39. The fraction of sp³-hybridized carbons (Fsp3) is 0.500. The lowest BCUT2D eigenvalue weighted by molar-refractivity contribution is 0.265. The van der Waals surface area contributed by atoms with Crippen LogP contribution in [-0.4, -0.2) is 37.2 Å². The van der Waals surface area contributed by atoms with Gasteiger partial charge in [0, 0.05) is 60.9 Å². The third-order valence-corrected chi connectivity index (χ3v) is 6.86. The van der Waals surface area contributed by atoms with Crippen molar-refractivity contribution in [3.8, 4) is 0 Å². The van der Waals surface area contributed by atoms with E-state index >= 15 is 0 Å². The number of nitrogens with one attached hydrogen (secondary N) is 3. The highest BCUT2D eigenvalue weighted by Gasteiger charge is 2.42. The van der Waals surface area contributed by atoms with E-state index in [0.717, 1.165) is 44.6 Å². The van der Waals surface area contributed by atoms with Crippen LogP contribution < -0.4 is 26.8 Å². The van der Waals surface area contributed by atoms with E-state index in [1.54, 1.807) is 12.1 Å². The molecule has 2 aromatic rings. The number of pyridine rings is 1. The fourth-order valence-corrected chi connectivity index (χ4v) is 5.24. The van der Waals surface area contributed by atoms with E-state index in [-0.39, 0.29) is 23.9 Å². The highest BCUT2D eigenvalue weighted by atomic mass is 19.1. The van der Waals surface area contributed by atoms with Crippen molar-refractivity contribution in [2.75, 3.05) is 31.1 Å². The Kier molecular flexibility index (Phi) is 5.22. The molecule has 4 heterocycles. The number of hydrogen-bond donors (Lipinski definition) is 4. The maximum absolute atomic E-state index is 14.4. The number of nitrogens with zero attached hydrogens (tertiary/aromatic N) is 2. The molecule has 4 unspecified atom stereocenters. The quantitative estimate of drug-likeness (QED) is 0.632. The Morgan fingerprint density at radius 1 is 1.17 bits per heavy atom. The Bertz CT molecular complexity index is 861. The zero-order chi connectivity index (χ0) is 19.8. The van der Waals surface area contributed by atoms with Crippen LogP contribution >= 0.6 is 0 Å². The first-order chi connectivity index (χ1) is 14.2. The highest BCUT2D eigenvalue weighted by Crippen LogP contribution is 2.41. The van der Waals surface area contributed by atoms with Gasteiger partial charge in [0.2, 0.25) is 0 Å². The molecule has 5 atom stereocenters. The first-order valence-electron chi connectivity index (χ1n) is 10.6. The first-order valence-corrected chi connectivity index (χ1v) is 10.6. The summed E-state index contributed by atoms with van der Waals surface area (Å²) in [5.41, 5.74) is 15.8. The second-order valence-corrected chi connectivity index (χ2v) is 8.53. The van der Waals surface area contributed by atoms with Crippen LogP contribution in [0.4, 0.5) is 10.1 Å². The lowest BCUT2D eigenvalue weighted by Gasteiger charge is -2.36. The number of anilines is 1. The highest BCUT2D eigenvalue weighted by molar-refractivity contribution is 5.54. The lowest BCUT2D eigenvalue weighted by atomic mass is 9.80. The molecule has 3 fully saturated rings. The van der Waals surface area contributed by atoms with Crippen LogP contribution in [0.5, 0.6) is 0 Å². The van der Waals surface area contributed by atoms with E-state index in [9.17, 15) is 4.39 Å². The van der Waals surface area contributed by atoms with Crippen LogP contribution in [0, 0.1) is 17.7 Å². The van der Waals surface area contributed by atoms with Gasteiger partial charge in [-0.2, -0.15) is 0 Å². The first kappa shape index (κ1) is 18.9. The third kappa shape index (κ3) is 3.53. The number of piperidine rings is 1. The molecule has 3 saturated heterocycles. The molecule has 6 nitrogen and oxygen atoms in total. The smallest absolute Gasteiger partial charge is 0.128 e. The Morgan fingerprint density at radius 2 is 2.07 bits per heavy atom. The number of hydrazine groups is 1. The van der Waals surface area contributed by atoms with E-state index in [1.165, 1.54) is 11.3 Å². The third-order valence-electron chi connectivity index (χ3n) is 6.86. The molecule has 0 amide bonds. The predicted octanol–water partition coefficient (Wildman–Crippen LogP) is 1.87. The van der Waals surface area contributed by atoms with Gasteiger partial charge in [-0.1, -0.05) is 18.2 Å². The molecule has 0 bridgehead atoms. The summed E-state index contributed by atoms with van der Waals surface area (Å²) >= 11 is 0. The number of nitrogens with two attached hydrogens (primary N) is 1. The summed E-state index contributed by atoms with van der Waals surface area (Å²) in [5.74, 6) is 0.726. The lowest BCUT2D eigenvalue weighted by Crippen LogP contribution is -2.46. The average Bonchev–Trinajstić information content (AvgIpc) is 3.41. The van der Waals surface area contributed by atoms with Gasteiger partial charge in [0.05, 0.1) is 6.04 Å². The van der Waals surface area contributed by atoms with Crippen molar-refractivity contribution in [2.24, 2.45) is 17.6 Å². The summed E-state index contributed by atoms with van der Waals surface area (Å²) in [6, 6.07) is 9.67. The van der Waals surface area contributed by atoms with Crippen LogP contribution in [-0.2, 0) is 0 Å². The van der Waals surface area contributed by atoms with Crippen molar-refractivity contribution in [1.82, 2.24) is 21.2 Å². The number of rotatable bonds is 4. The minimum atomic E-state index is -0.144. The molecule has 1 aromatic heterocycles.